The summed E-state index contributed by atoms with van der Waals surface area (Å²) in [7, 11) is 0. The minimum absolute atomic E-state index is 0.0246. The fourth-order valence-corrected chi connectivity index (χ4v) is 7.79. The number of aromatic nitrogens is 5. The van der Waals surface area contributed by atoms with Gasteiger partial charge in [-0.05, 0) is 110 Å². The first-order valence-electron chi connectivity index (χ1n) is 20.7. The highest BCUT2D eigenvalue weighted by atomic mass is 16.5. The summed E-state index contributed by atoms with van der Waals surface area (Å²) in [5.74, 6) is 0.888. The summed E-state index contributed by atoms with van der Waals surface area (Å²) < 4.78 is 11.3. The molecule has 4 N–H and O–H groups in total. The van der Waals surface area contributed by atoms with Crippen LogP contribution in [-0.2, 0) is 21.5 Å². The molecule has 0 spiro atoms. The molecule has 8 rings (SSSR count). The number of nitrogens with one attached hydrogen (secondary N) is 4. The molecular weight excluding hydrogens is 759 g/mol. The summed E-state index contributed by atoms with van der Waals surface area (Å²) in [5.41, 5.74) is 8.50. The maximum Gasteiger partial charge on any atom is 0.292 e. The van der Waals surface area contributed by atoms with E-state index >= 15 is 0 Å². The third kappa shape index (κ3) is 9.39. The van der Waals surface area contributed by atoms with Crippen LogP contribution in [-0.4, -0.2) is 80.2 Å². The SMILES string of the molecule is Cc1cc(-c2n[nH]c3ncc(-c4ccc(C5CCN(CCCOc6ccc(NC7CCC(=O)NC7=O)cc6)CC5)cc4)cc23)ccc1CNC(=O)c1noc(C(C)(C)C)n1. The van der Waals surface area contributed by atoms with Gasteiger partial charge < -0.3 is 24.8 Å². The third-order valence-electron chi connectivity index (χ3n) is 11.4. The number of carbonyl (C=O) groups excluding carboxylic acids is 3. The molecule has 3 aromatic heterocycles. The lowest BCUT2D eigenvalue weighted by molar-refractivity contribution is -0.133. The first-order chi connectivity index (χ1) is 29.0. The van der Waals surface area contributed by atoms with Crippen LogP contribution in [0.25, 0.3) is 33.4 Å². The van der Waals surface area contributed by atoms with E-state index in [1.165, 1.54) is 5.56 Å². The highest BCUT2D eigenvalue weighted by Crippen LogP contribution is 2.33. The van der Waals surface area contributed by atoms with E-state index < -0.39 is 6.04 Å². The Balaban J connectivity index is 0.804. The number of hydrogen-bond acceptors (Lipinski definition) is 11. The maximum absolute atomic E-state index is 12.7. The van der Waals surface area contributed by atoms with Crippen LogP contribution in [0.15, 0.2) is 83.5 Å². The number of nitrogens with zero attached hydrogens (tertiary/aromatic N) is 5. The summed E-state index contributed by atoms with van der Waals surface area (Å²) >= 11 is 0. The van der Waals surface area contributed by atoms with Gasteiger partial charge in [0.15, 0.2) is 5.65 Å². The van der Waals surface area contributed by atoms with Crippen molar-refractivity contribution in [2.75, 3.05) is 31.6 Å². The highest BCUT2D eigenvalue weighted by molar-refractivity contribution is 6.01. The molecule has 0 radical (unpaired) electrons. The van der Waals surface area contributed by atoms with E-state index in [9.17, 15) is 14.4 Å². The molecule has 14 heteroatoms. The molecule has 2 aliphatic rings. The Hall–Kier alpha value is -6.41. The molecule has 0 saturated carbocycles. The molecule has 2 aliphatic heterocycles. The summed E-state index contributed by atoms with van der Waals surface area (Å²) in [6.45, 7) is 12.0. The quantitative estimate of drug-likeness (QED) is 0.0692. The zero-order valence-electron chi connectivity index (χ0n) is 34.5. The highest BCUT2D eigenvalue weighted by Gasteiger charge is 2.27. The van der Waals surface area contributed by atoms with Crippen molar-refractivity contribution >= 4 is 34.4 Å². The fourth-order valence-electron chi connectivity index (χ4n) is 7.79. The number of likely N-dealkylation sites (tertiary alicyclic amines) is 1. The number of pyridine rings is 1. The first-order valence-corrected chi connectivity index (χ1v) is 20.7. The Morgan fingerprint density at radius 1 is 0.950 bits per heavy atom. The van der Waals surface area contributed by atoms with E-state index in [0.717, 1.165) is 94.9 Å². The lowest BCUT2D eigenvalue weighted by Gasteiger charge is -2.32. The van der Waals surface area contributed by atoms with Crippen LogP contribution in [0.1, 0.15) is 92.0 Å². The van der Waals surface area contributed by atoms with Crippen molar-refractivity contribution in [3.63, 3.8) is 0 Å². The molecule has 5 heterocycles. The number of H-pyrrole nitrogens is 1. The molecule has 6 aromatic rings. The van der Waals surface area contributed by atoms with E-state index in [-0.39, 0.29) is 29.0 Å². The van der Waals surface area contributed by atoms with Crippen molar-refractivity contribution in [3.05, 3.63) is 107 Å². The Labute approximate surface area is 348 Å². The number of fused-ring (bicyclic) bond motifs is 1. The van der Waals surface area contributed by atoms with Gasteiger partial charge in [0.05, 0.1) is 6.61 Å². The van der Waals surface area contributed by atoms with Gasteiger partial charge in [-0.25, -0.2) is 4.98 Å². The molecule has 2 saturated heterocycles. The van der Waals surface area contributed by atoms with Crippen LogP contribution < -0.4 is 20.7 Å². The van der Waals surface area contributed by atoms with Crippen molar-refractivity contribution in [3.8, 4) is 28.1 Å². The van der Waals surface area contributed by atoms with Gasteiger partial charge in [0, 0.05) is 53.3 Å². The average molecular weight is 810 g/mol. The topological polar surface area (TPSA) is 180 Å². The van der Waals surface area contributed by atoms with Crippen LogP contribution in [0, 0.1) is 6.92 Å². The number of carbonyl (C=O) groups is 3. The summed E-state index contributed by atoms with van der Waals surface area (Å²) in [4.78, 5) is 47.6. The monoisotopic (exact) mass is 809 g/mol. The minimum Gasteiger partial charge on any atom is -0.494 e. The van der Waals surface area contributed by atoms with E-state index in [4.69, 9.17) is 14.2 Å². The lowest BCUT2D eigenvalue weighted by Crippen LogP contribution is -2.47. The van der Waals surface area contributed by atoms with Crippen molar-refractivity contribution in [2.24, 2.45) is 0 Å². The number of aromatic amines is 1. The van der Waals surface area contributed by atoms with Crippen molar-refractivity contribution in [1.82, 2.24) is 40.9 Å². The van der Waals surface area contributed by atoms with Crippen LogP contribution in [0.3, 0.4) is 0 Å². The fraction of sp³-hybridized carbons (Fsp3) is 0.370. The molecule has 1 atom stereocenters. The van der Waals surface area contributed by atoms with Crippen LogP contribution in [0.2, 0.25) is 0 Å². The lowest BCUT2D eigenvalue weighted by atomic mass is 9.88. The average Bonchev–Trinajstić information content (AvgIpc) is 3.93. The van der Waals surface area contributed by atoms with Crippen LogP contribution in [0.4, 0.5) is 5.69 Å². The predicted molar refractivity (Wildman–Crippen MR) is 228 cm³/mol. The van der Waals surface area contributed by atoms with E-state index in [1.807, 2.05) is 70.3 Å². The zero-order valence-corrected chi connectivity index (χ0v) is 34.5. The number of hydrogen-bond donors (Lipinski definition) is 4. The molecular formula is C46H51N9O5. The van der Waals surface area contributed by atoms with Crippen LogP contribution >= 0.6 is 0 Å². The molecule has 60 heavy (non-hydrogen) atoms. The van der Waals surface area contributed by atoms with Gasteiger partial charge in [0.25, 0.3) is 11.7 Å². The summed E-state index contributed by atoms with van der Waals surface area (Å²) in [5, 5.41) is 21.0. The van der Waals surface area contributed by atoms with Gasteiger partial charge in [0.1, 0.15) is 17.5 Å². The van der Waals surface area contributed by atoms with Gasteiger partial charge in [-0.1, -0.05) is 62.3 Å². The molecule has 0 aliphatic carbocycles. The number of amides is 3. The summed E-state index contributed by atoms with van der Waals surface area (Å²) in [6.07, 6.45) is 5.91. The molecule has 310 valence electrons. The number of rotatable bonds is 13. The Bertz CT molecular complexity index is 2480. The second-order valence-electron chi connectivity index (χ2n) is 16.8. The van der Waals surface area contributed by atoms with Gasteiger partial charge in [0.2, 0.25) is 17.7 Å². The summed E-state index contributed by atoms with van der Waals surface area (Å²) in [6, 6.07) is 24.4. The van der Waals surface area contributed by atoms with Gasteiger partial charge in [-0.15, -0.1) is 0 Å². The molecule has 3 aromatic carbocycles. The molecule has 14 nitrogen and oxygen atoms in total. The Kier molecular flexibility index (Phi) is 11.7. The number of aryl methyl sites for hydroxylation is 1. The number of imide groups is 1. The van der Waals surface area contributed by atoms with Crippen molar-refractivity contribution in [2.45, 2.75) is 83.7 Å². The third-order valence-corrected chi connectivity index (χ3v) is 11.4. The number of ether oxygens (including phenoxy) is 1. The molecule has 3 amide bonds. The van der Waals surface area contributed by atoms with Crippen molar-refractivity contribution < 1.29 is 23.6 Å². The predicted octanol–water partition coefficient (Wildman–Crippen LogP) is 7.08. The van der Waals surface area contributed by atoms with E-state index in [2.05, 4.69) is 77.6 Å². The maximum atomic E-state index is 12.7. The standard InChI is InChI=1S/C46H51N9O5/c1-28-24-32(10-11-33(28)26-48-44(58)42-51-45(60-54-42)46(2,3)4)40-37-25-34(27-47-41(37)53-52-40)30-8-6-29(7-9-30)31-18-21-55(22-19-31)20-5-23-59-36-14-12-35(13-15-36)49-38-16-17-39(56)50-43(38)57/h6-15,24-25,27,31,38,49H,5,16-23,26H2,1-4H3,(H,48,58)(H,47,52,53)(H,50,56,57). The second kappa shape index (κ2) is 17.4. The van der Waals surface area contributed by atoms with Gasteiger partial charge in [-0.3, -0.25) is 24.8 Å². The molecule has 0 bridgehead atoms. The largest absolute Gasteiger partial charge is 0.494 e. The van der Waals surface area contributed by atoms with Crippen molar-refractivity contribution in [1.29, 1.82) is 0 Å². The normalized spacial score (nSPS) is 16.5. The van der Waals surface area contributed by atoms with E-state index in [1.54, 1.807) is 0 Å². The number of benzene rings is 3. The van der Waals surface area contributed by atoms with E-state index in [0.29, 0.717) is 37.8 Å². The second-order valence-corrected chi connectivity index (χ2v) is 16.8. The first kappa shape index (κ1) is 40.4. The zero-order chi connectivity index (χ0) is 41.8. The number of anilines is 1. The Morgan fingerprint density at radius 3 is 2.43 bits per heavy atom. The van der Waals surface area contributed by atoms with Crippen LogP contribution in [0.5, 0.6) is 5.75 Å². The minimum atomic E-state index is -0.402. The smallest absolute Gasteiger partial charge is 0.292 e. The molecule has 1 unspecified atom stereocenters. The number of piperidine rings is 2. The molecule has 2 fully saturated rings. The Morgan fingerprint density at radius 2 is 1.72 bits per heavy atom. The van der Waals surface area contributed by atoms with Gasteiger partial charge >= 0.3 is 0 Å². The van der Waals surface area contributed by atoms with Gasteiger partial charge in [-0.2, -0.15) is 10.1 Å².